The summed E-state index contributed by atoms with van der Waals surface area (Å²) >= 11 is 5.50. The molecule has 1 fully saturated rings. The number of para-hydroxylation sites is 1. The van der Waals surface area contributed by atoms with Crippen LogP contribution in [0.3, 0.4) is 0 Å². The molecule has 1 saturated heterocycles. The van der Waals surface area contributed by atoms with E-state index in [0.717, 1.165) is 23.8 Å². The number of nitrogens with one attached hydrogen (secondary N) is 1. The van der Waals surface area contributed by atoms with E-state index in [1.165, 1.54) is 36.1 Å². The van der Waals surface area contributed by atoms with E-state index < -0.39 is 0 Å². The Balaban J connectivity index is 1.91. The maximum absolute atomic E-state index is 5.50. The number of benzene rings is 1. The molecule has 0 bridgehead atoms. The van der Waals surface area contributed by atoms with Crippen molar-refractivity contribution < 1.29 is 0 Å². The van der Waals surface area contributed by atoms with Crippen LogP contribution in [0.15, 0.2) is 18.2 Å². The summed E-state index contributed by atoms with van der Waals surface area (Å²) in [6.45, 7) is 9.01. The number of hydrogen-bond acceptors (Lipinski definition) is 2. The number of aromatic amines is 1. The molecular weight excluding hydrogens is 254 g/mol. The van der Waals surface area contributed by atoms with Gasteiger partial charge >= 0.3 is 0 Å². The Hall–Kier alpha value is -1.13. The summed E-state index contributed by atoms with van der Waals surface area (Å²) in [6, 6.07) is 6.41. The number of likely N-dealkylation sites (tertiary alicyclic amines) is 1. The third-order valence-corrected chi connectivity index (χ3v) is 4.60. The van der Waals surface area contributed by atoms with Crippen LogP contribution < -0.4 is 0 Å². The van der Waals surface area contributed by atoms with Crippen LogP contribution in [-0.2, 0) is 6.54 Å². The number of nitrogens with zero attached hydrogens (tertiary/aromatic N) is 2. The third-order valence-electron chi connectivity index (χ3n) is 4.28. The number of hydrogen-bond donors (Lipinski definition) is 1. The van der Waals surface area contributed by atoms with Crippen LogP contribution in [0.1, 0.15) is 18.9 Å². The molecule has 2 aromatic rings. The van der Waals surface area contributed by atoms with Gasteiger partial charge in [0.05, 0.1) is 11.0 Å². The molecule has 0 aliphatic carbocycles. The standard InChI is InChI=1S/C15H21N3S/c1-3-17-8-7-12(9-17)10-18-13-6-4-5-11(2)14(13)16-15(18)19/h4-6,12H,3,7-10H2,1-2H3,(H,16,19). The Morgan fingerprint density at radius 2 is 2.26 bits per heavy atom. The molecule has 0 radical (unpaired) electrons. The van der Waals surface area contributed by atoms with Crippen LogP contribution >= 0.6 is 12.2 Å². The van der Waals surface area contributed by atoms with Gasteiger partial charge in [-0.25, -0.2) is 0 Å². The number of aromatic nitrogens is 2. The van der Waals surface area contributed by atoms with E-state index in [2.05, 4.69) is 46.5 Å². The predicted molar refractivity (Wildman–Crippen MR) is 82.1 cm³/mol. The molecule has 3 nitrogen and oxygen atoms in total. The lowest BCUT2D eigenvalue weighted by Crippen LogP contribution is -2.21. The van der Waals surface area contributed by atoms with Crippen molar-refractivity contribution in [2.45, 2.75) is 26.8 Å². The van der Waals surface area contributed by atoms with Gasteiger partial charge in [0.25, 0.3) is 0 Å². The molecule has 1 aromatic carbocycles. The topological polar surface area (TPSA) is 24.0 Å². The lowest BCUT2D eigenvalue weighted by molar-refractivity contribution is 0.333. The fraction of sp³-hybridized carbons (Fsp3) is 0.533. The Kier molecular flexibility index (Phi) is 3.46. The molecule has 102 valence electrons. The maximum atomic E-state index is 5.50. The van der Waals surface area contributed by atoms with Gasteiger partial charge in [0, 0.05) is 13.1 Å². The molecule has 0 spiro atoms. The van der Waals surface area contributed by atoms with E-state index in [-0.39, 0.29) is 0 Å². The van der Waals surface area contributed by atoms with E-state index in [9.17, 15) is 0 Å². The fourth-order valence-corrected chi connectivity index (χ4v) is 3.39. The Bertz CT molecular complexity index is 640. The van der Waals surface area contributed by atoms with E-state index in [1.807, 2.05) is 0 Å². The number of aryl methyl sites for hydroxylation is 1. The van der Waals surface area contributed by atoms with Crippen LogP contribution in [-0.4, -0.2) is 34.1 Å². The van der Waals surface area contributed by atoms with Crippen molar-refractivity contribution in [1.82, 2.24) is 14.5 Å². The Morgan fingerprint density at radius 3 is 3.00 bits per heavy atom. The van der Waals surface area contributed by atoms with E-state index >= 15 is 0 Å². The summed E-state index contributed by atoms with van der Waals surface area (Å²) < 4.78 is 3.14. The minimum Gasteiger partial charge on any atom is -0.330 e. The zero-order valence-corrected chi connectivity index (χ0v) is 12.5. The van der Waals surface area contributed by atoms with Crippen LogP contribution in [0.25, 0.3) is 11.0 Å². The van der Waals surface area contributed by atoms with Crippen molar-refractivity contribution in [1.29, 1.82) is 0 Å². The van der Waals surface area contributed by atoms with Gasteiger partial charge in [-0.05, 0) is 56.2 Å². The van der Waals surface area contributed by atoms with Crippen molar-refractivity contribution in [2.24, 2.45) is 5.92 Å². The van der Waals surface area contributed by atoms with Crippen molar-refractivity contribution in [3.05, 3.63) is 28.5 Å². The van der Waals surface area contributed by atoms with Gasteiger partial charge < -0.3 is 14.5 Å². The highest BCUT2D eigenvalue weighted by Gasteiger charge is 2.22. The lowest BCUT2D eigenvalue weighted by atomic mass is 10.1. The molecule has 19 heavy (non-hydrogen) atoms. The highest BCUT2D eigenvalue weighted by molar-refractivity contribution is 7.71. The largest absolute Gasteiger partial charge is 0.330 e. The summed E-state index contributed by atoms with van der Waals surface area (Å²) in [6.07, 6.45) is 1.29. The first-order valence-corrected chi connectivity index (χ1v) is 7.50. The molecule has 1 N–H and O–H groups in total. The molecule has 0 amide bonds. The fourth-order valence-electron chi connectivity index (χ4n) is 3.11. The van der Waals surface area contributed by atoms with Gasteiger partial charge in [-0.2, -0.15) is 0 Å². The molecule has 0 saturated carbocycles. The monoisotopic (exact) mass is 275 g/mol. The first kappa shape index (κ1) is 12.9. The first-order valence-electron chi connectivity index (χ1n) is 7.09. The van der Waals surface area contributed by atoms with Crippen molar-refractivity contribution >= 4 is 23.3 Å². The molecule has 1 aliphatic heterocycles. The highest BCUT2D eigenvalue weighted by atomic mass is 32.1. The van der Waals surface area contributed by atoms with E-state index in [4.69, 9.17) is 12.2 Å². The summed E-state index contributed by atoms with van der Waals surface area (Å²) in [4.78, 5) is 5.88. The predicted octanol–water partition coefficient (Wildman–Crippen LogP) is 3.35. The Labute approximate surface area is 119 Å². The average molecular weight is 275 g/mol. The lowest BCUT2D eigenvalue weighted by Gasteiger charge is -2.14. The van der Waals surface area contributed by atoms with Gasteiger partial charge in [-0.1, -0.05) is 19.1 Å². The van der Waals surface area contributed by atoms with Crippen molar-refractivity contribution in [3.63, 3.8) is 0 Å². The average Bonchev–Trinajstić information content (AvgIpc) is 2.97. The minimum absolute atomic E-state index is 0.728. The number of rotatable bonds is 3. The van der Waals surface area contributed by atoms with E-state index in [0.29, 0.717) is 0 Å². The van der Waals surface area contributed by atoms with Crippen LogP contribution in [0.5, 0.6) is 0 Å². The second-order valence-electron chi connectivity index (χ2n) is 5.56. The third kappa shape index (κ3) is 2.35. The van der Waals surface area contributed by atoms with Gasteiger partial charge in [0.1, 0.15) is 0 Å². The molecule has 1 aliphatic rings. The van der Waals surface area contributed by atoms with Crippen LogP contribution in [0.2, 0.25) is 0 Å². The van der Waals surface area contributed by atoms with Crippen LogP contribution in [0.4, 0.5) is 0 Å². The molecule has 3 rings (SSSR count). The zero-order chi connectivity index (χ0) is 13.4. The minimum atomic E-state index is 0.728. The normalized spacial score (nSPS) is 20.4. The number of H-pyrrole nitrogens is 1. The summed E-state index contributed by atoms with van der Waals surface area (Å²) in [5.41, 5.74) is 3.71. The summed E-state index contributed by atoms with van der Waals surface area (Å²) in [7, 11) is 0. The van der Waals surface area contributed by atoms with Gasteiger partial charge in [-0.3, -0.25) is 0 Å². The van der Waals surface area contributed by atoms with Crippen LogP contribution in [0, 0.1) is 17.6 Å². The SMILES string of the molecule is CCN1CCC(Cn2c(=S)[nH]c3c(C)cccc32)C1. The zero-order valence-electron chi connectivity index (χ0n) is 11.6. The molecule has 1 aromatic heterocycles. The first-order chi connectivity index (χ1) is 9.19. The smallest absolute Gasteiger partial charge is 0.178 e. The van der Waals surface area contributed by atoms with Gasteiger partial charge in [0.2, 0.25) is 0 Å². The van der Waals surface area contributed by atoms with Crippen molar-refractivity contribution in [3.8, 4) is 0 Å². The second kappa shape index (κ2) is 5.10. The quantitative estimate of drug-likeness (QED) is 0.869. The highest BCUT2D eigenvalue weighted by Crippen LogP contribution is 2.23. The molecule has 2 heterocycles. The van der Waals surface area contributed by atoms with E-state index in [1.54, 1.807) is 0 Å². The Morgan fingerprint density at radius 1 is 1.42 bits per heavy atom. The van der Waals surface area contributed by atoms with Crippen molar-refractivity contribution in [2.75, 3.05) is 19.6 Å². The van der Waals surface area contributed by atoms with Gasteiger partial charge in [-0.15, -0.1) is 0 Å². The summed E-state index contributed by atoms with van der Waals surface area (Å²) in [5.74, 6) is 0.728. The maximum Gasteiger partial charge on any atom is 0.178 e. The molecule has 1 unspecified atom stereocenters. The molecule has 4 heteroatoms. The second-order valence-corrected chi connectivity index (χ2v) is 5.94. The molecule has 1 atom stereocenters. The number of fused-ring (bicyclic) bond motifs is 1. The molecular formula is C15H21N3S. The summed E-state index contributed by atoms with van der Waals surface area (Å²) in [5, 5.41) is 0. The number of imidazole rings is 1. The van der Waals surface area contributed by atoms with Gasteiger partial charge in [0.15, 0.2) is 4.77 Å².